The lowest BCUT2D eigenvalue weighted by Crippen LogP contribution is -2.22. The third-order valence-corrected chi connectivity index (χ3v) is 5.71. The number of carbonyl (C=O) groups is 1. The van der Waals surface area contributed by atoms with Gasteiger partial charge in [0, 0.05) is 22.7 Å². The third-order valence-electron chi connectivity index (χ3n) is 4.80. The molecular weight excluding hydrogens is 386 g/mol. The molecule has 0 atom stereocenters. The number of benzene rings is 1. The van der Waals surface area contributed by atoms with Gasteiger partial charge in [0.2, 0.25) is 5.16 Å². The lowest BCUT2D eigenvalue weighted by molar-refractivity contribution is 0.0948. The number of furan rings is 1. The minimum Gasteiger partial charge on any atom is -0.467 e. The van der Waals surface area contributed by atoms with Crippen molar-refractivity contribution in [2.75, 3.05) is 0 Å². The first-order valence-electron chi connectivity index (χ1n) is 9.24. The Morgan fingerprint density at radius 1 is 1.17 bits per heavy atom. The summed E-state index contributed by atoms with van der Waals surface area (Å²) >= 11 is 1.52. The van der Waals surface area contributed by atoms with Crippen LogP contribution in [-0.2, 0) is 12.3 Å². The molecule has 0 spiro atoms. The normalized spacial score (nSPS) is 11.1. The molecule has 0 aliphatic carbocycles. The quantitative estimate of drug-likeness (QED) is 0.489. The highest BCUT2D eigenvalue weighted by atomic mass is 32.2. The van der Waals surface area contributed by atoms with Crippen molar-refractivity contribution in [1.82, 2.24) is 24.9 Å². The van der Waals surface area contributed by atoms with Gasteiger partial charge in [-0.25, -0.2) is 9.50 Å². The Hall–Kier alpha value is -3.13. The summed E-state index contributed by atoms with van der Waals surface area (Å²) in [5.41, 5.74) is 4.76. The van der Waals surface area contributed by atoms with Crippen LogP contribution in [0, 0.1) is 20.8 Å². The van der Waals surface area contributed by atoms with Gasteiger partial charge < -0.3 is 9.73 Å². The number of amides is 1. The van der Waals surface area contributed by atoms with Gasteiger partial charge in [-0.2, -0.15) is 4.98 Å². The number of hydrogen-bond donors (Lipinski definition) is 1. The molecule has 4 rings (SSSR count). The van der Waals surface area contributed by atoms with E-state index in [9.17, 15) is 4.79 Å². The Balaban J connectivity index is 1.43. The minimum atomic E-state index is -0.134. The van der Waals surface area contributed by atoms with E-state index >= 15 is 0 Å². The van der Waals surface area contributed by atoms with E-state index < -0.39 is 0 Å². The second-order valence-corrected chi connectivity index (χ2v) is 7.71. The second-order valence-electron chi connectivity index (χ2n) is 6.76. The van der Waals surface area contributed by atoms with Crippen LogP contribution in [0.4, 0.5) is 0 Å². The van der Waals surface area contributed by atoms with Gasteiger partial charge in [0.1, 0.15) is 5.76 Å². The lowest BCUT2D eigenvalue weighted by atomic mass is 10.1. The van der Waals surface area contributed by atoms with Gasteiger partial charge in [-0.3, -0.25) is 4.79 Å². The smallest absolute Gasteiger partial charge is 0.253 e. The summed E-state index contributed by atoms with van der Waals surface area (Å²) in [6, 6.07) is 11.2. The summed E-state index contributed by atoms with van der Waals surface area (Å²) in [6.07, 6.45) is 1.59. The van der Waals surface area contributed by atoms with Crippen molar-refractivity contribution in [3.63, 3.8) is 0 Å². The molecule has 0 bridgehead atoms. The average Bonchev–Trinajstić information content (AvgIpc) is 3.39. The molecule has 0 saturated carbocycles. The van der Waals surface area contributed by atoms with Crippen LogP contribution in [0.25, 0.3) is 5.78 Å². The molecule has 0 fully saturated rings. The first kappa shape index (κ1) is 19.2. The number of rotatable bonds is 6. The van der Waals surface area contributed by atoms with E-state index in [1.807, 2.05) is 45.0 Å². The van der Waals surface area contributed by atoms with Crippen LogP contribution in [0.2, 0.25) is 0 Å². The van der Waals surface area contributed by atoms with Gasteiger partial charge in [0.05, 0.1) is 12.8 Å². The topological polar surface area (TPSA) is 85.3 Å². The maximum absolute atomic E-state index is 12.4. The molecule has 148 valence electrons. The first-order chi connectivity index (χ1) is 14.0. The van der Waals surface area contributed by atoms with Crippen molar-refractivity contribution < 1.29 is 9.21 Å². The zero-order valence-corrected chi connectivity index (χ0v) is 17.3. The SMILES string of the molecule is Cc1nc2nc(SCc3cccc(C(=O)NCc4ccco4)c3)nn2c(C)c1C. The van der Waals surface area contributed by atoms with Gasteiger partial charge >= 0.3 is 0 Å². The zero-order valence-electron chi connectivity index (χ0n) is 16.5. The molecule has 1 N–H and O–H groups in total. The molecule has 0 aliphatic rings. The second kappa shape index (κ2) is 8.08. The Kier molecular flexibility index (Phi) is 5.35. The molecule has 7 nitrogen and oxygen atoms in total. The number of aromatic nitrogens is 4. The van der Waals surface area contributed by atoms with Gasteiger partial charge in [-0.05, 0) is 56.2 Å². The van der Waals surface area contributed by atoms with Gasteiger partial charge in [0.15, 0.2) is 0 Å². The van der Waals surface area contributed by atoms with E-state index in [1.165, 1.54) is 11.8 Å². The Bertz CT molecular complexity index is 1170. The van der Waals surface area contributed by atoms with E-state index in [4.69, 9.17) is 4.42 Å². The van der Waals surface area contributed by atoms with Crippen LogP contribution >= 0.6 is 11.8 Å². The van der Waals surface area contributed by atoms with Crippen molar-refractivity contribution in [3.05, 3.63) is 76.5 Å². The molecule has 8 heteroatoms. The fourth-order valence-electron chi connectivity index (χ4n) is 2.93. The summed E-state index contributed by atoms with van der Waals surface area (Å²) < 4.78 is 7.02. The van der Waals surface area contributed by atoms with E-state index in [-0.39, 0.29) is 5.91 Å². The lowest BCUT2D eigenvalue weighted by Gasteiger charge is -2.05. The van der Waals surface area contributed by atoms with Crippen LogP contribution in [-0.4, -0.2) is 25.5 Å². The van der Waals surface area contributed by atoms with Crippen LogP contribution in [0.3, 0.4) is 0 Å². The third kappa shape index (κ3) is 4.17. The number of nitrogens with zero attached hydrogens (tertiary/aromatic N) is 4. The van der Waals surface area contributed by atoms with Crippen LogP contribution in [0.15, 0.2) is 52.2 Å². The maximum Gasteiger partial charge on any atom is 0.253 e. The number of hydrogen-bond acceptors (Lipinski definition) is 6. The minimum absolute atomic E-state index is 0.134. The Labute approximate surface area is 172 Å². The summed E-state index contributed by atoms with van der Waals surface area (Å²) in [5, 5.41) is 8.09. The van der Waals surface area contributed by atoms with E-state index in [0.717, 1.165) is 28.3 Å². The Morgan fingerprint density at radius 3 is 2.83 bits per heavy atom. The molecule has 1 aromatic carbocycles. The standard InChI is InChI=1S/C21H21N5O2S/c1-13-14(2)23-20-24-21(25-26(20)15(13)3)29-12-16-6-4-7-17(10-16)19(27)22-11-18-8-5-9-28-18/h4-10H,11-12H2,1-3H3,(H,22,27). The molecule has 0 aliphatic heterocycles. The van der Waals surface area contributed by atoms with E-state index in [0.29, 0.717) is 28.8 Å². The molecule has 0 unspecified atom stereocenters. The van der Waals surface area contributed by atoms with Crippen LogP contribution < -0.4 is 5.32 Å². The zero-order chi connectivity index (χ0) is 20.4. The molecule has 0 radical (unpaired) electrons. The monoisotopic (exact) mass is 407 g/mol. The van der Waals surface area contributed by atoms with Gasteiger partial charge in [0.25, 0.3) is 11.7 Å². The highest BCUT2D eigenvalue weighted by Gasteiger charge is 2.12. The fourth-order valence-corrected chi connectivity index (χ4v) is 3.69. The number of thioether (sulfide) groups is 1. The van der Waals surface area contributed by atoms with Crippen molar-refractivity contribution in [1.29, 1.82) is 0 Å². The largest absolute Gasteiger partial charge is 0.467 e. The molecule has 1 amide bonds. The predicted octanol–water partition coefficient (Wildman–Crippen LogP) is 3.86. The Morgan fingerprint density at radius 2 is 2.03 bits per heavy atom. The van der Waals surface area contributed by atoms with Crippen molar-refractivity contribution in [2.24, 2.45) is 0 Å². The number of carbonyl (C=O) groups excluding carboxylic acids is 1. The van der Waals surface area contributed by atoms with E-state index in [1.54, 1.807) is 22.9 Å². The van der Waals surface area contributed by atoms with Crippen LogP contribution in [0.5, 0.6) is 0 Å². The number of aryl methyl sites for hydroxylation is 2. The highest BCUT2D eigenvalue weighted by molar-refractivity contribution is 7.98. The summed E-state index contributed by atoms with van der Waals surface area (Å²) in [5.74, 6) is 1.86. The van der Waals surface area contributed by atoms with Crippen molar-refractivity contribution in [2.45, 2.75) is 38.2 Å². The highest BCUT2D eigenvalue weighted by Crippen LogP contribution is 2.22. The van der Waals surface area contributed by atoms with Crippen molar-refractivity contribution in [3.8, 4) is 0 Å². The molecule has 29 heavy (non-hydrogen) atoms. The fraction of sp³-hybridized carbons (Fsp3) is 0.238. The van der Waals surface area contributed by atoms with Gasteiger partial charge in [-0.15, -0.1) is 5.10 Å². The summed E-state index contributed by atoms with van der Waals surface area (Å²) in [4.78, 5) is 21.4. The van der Waals surface area contributed by atoms with Gasteiger partial charge in [-0.1, -0.05) is 23.9 Å². The average molecular weight is 407 g/mol. The molecular formula is C21H21N5O2S. The molecule has 3 heterocycles. The first-order valence-corrected chi connectivity index (χ1v) is 10.2. The van der Waals surface area contributed by atoms with Crippen LogP contribution in [0.1, 0.15) is 38.6 Å². The molecule has 3 aromatic heterocycles. The predicted molar refractivity (Wildman–Crippen MR) is 111 cm³/mol. The maximum atomic E-state index is 12.4. The molecule has 4 aromatic rings. The number of fused-ring (bicyclic) bond motifs is 1. The van der Waals surface area contributed by atoms with Crippen molar-refractivity contribution >= 4 is 23.4 Å². The summed E-state index contributed by atoms with van der Waals surface area (Å²) in [6.45, 7) is 6.40. The van der Waals surface area contributed by atoms with E-state index in [2.05, 4.69) is 20.4 Å². The number of nitrogens with one attached hydrogen (secondary N) is 1. The summed E-state index contributed by atoms with van der Waals surface area (Å²) in [7, 11) is 0. The molecule has 0 saturated heterocycles.